The summed E-state index contributed by atoms with van der Waals surface area (Å²) < 4.78 is 0. The van der Waals surface area contributed by atoms with Crippen molar-refractivity contribution in [2.45, 2.75) is 76.5 Å². The van der Waals surface area contributed by atoms with Crippen LogP contribution in [-0.4, -0.2) is 75.9 Å². The number of nitrogens with one attached hydrogen (secondary N) is 1. The van der Waals surface area contributed by atoms with Crippen molar-refractivity contribution in [3.63, 3.8) is 0 Å². The molecule has 2 aliphatic heterocycles. The van der Waals surface area contributed by atoms with E-state index in [4.69, 9.17) is 5.73 Å². The fourth-order valence-electron chi connectivity index (χ4n) is 4.80. The molecule has 2 aliphatic rings. The molecule has 2 fully saturated rings. The van der Waals surface area contributed by atoms with Gasteiger partial charge in [-0.25, -0.2) is 4.79 Å². The van der Waals surface area contributed by atoms with E-state index in [0.29, 0.717) is 38.8 Å². The average molecular weight is 473 g/mol. The Morgan fingerprint density at radius 3 is 2.21 bits per heavy atom. The second kappa shape index (κ2) is 11.5. The minimum atomic E-state index is -1.04. The monoisotopic (exact) mass is 472 g/mol. The first-order chi connectivity index (χ1) is 16.2. The first-order valence-corrected chi connectivity index (χ1v) is 12.2. The number of amides is 3. The van der Waals surface area contributed by atoms with Gasteiger partial charge in [-0.1, -0.05) is 50.6 Å². The van der Waals surface area contributed by atoms with E-state index in [-0.39, 0.29) is 18.2 Å². The van der Waals surface area contributed by atoms with Crippen LogP contribution >= 0.6 is 0 Å². The molecule has 0 saturated carbocycles. The minimum Gasteiger partial charge on any atom is -0.480 e. The zero-order chi connectivity index (χ0) is 24.8. The highest BCUT2D eigenvalue weighted by atomic mass is 16.4. The fraction of sp³-hybridized carbons (Fsp3) is 0.600. The zero-order valence-electron chi connectivity index (χ0n) is 20.0. The van der Waals surface area contributed by atoms with E-state index in [1.54, 1.807) is 0 Å². The SMILES string of the molecule is CCC(C)C(N)C(=O)N1CCCC1C(=O)NC(Cc1ccccc1)C(=O)N1CCCC1C(=O)O. The van der Waals surface area contributed by atoms with Crippen molar-refractivity contribution >= 4 is 23.7 Å². The first-order valence-electron chi connectivity index (χ1n) is 12.2. The van der Waals surface area contributed by atoms with Gasteiger partial charge in [-0.15, -0.1) is 0 Å². The number of benzene rings is 1. The Morgan fingerprint density at radius 2 is 1.62 bits per heavy atom. The van der Waals surface area contributed by atoms with Gasteiger partial charge in [0.05, 0.1) is 6.04 Å². The summed E-state index contributed by atoms with van der Waals surface area (Å²) >= 11 is 0. The van der Waals surface area contributed by atoms with Crippen molar-refractivity contribution in [3.05, 3.63) is 35.9 Å². The van der Waals surface area contributed by atoms with Crippen molar-refractivity contribution in [1.29, 1.82) is 0 Å². The number of carboxylic acids is 1. The highest BCUT2D eigenvalue weighted by Crippen LogP contribution is 2.23. The highest BCUT2D eigenvalue weighted by Gasteiger charge is 2.41. The number of aliphatic carboxylic acids is 1. The van der Waals surface area contributed by atoms with E-state index in [1.807, 2.05) is 44.2 Å². The van der Waals surface area contributed by atoms with Crippen molar-refractivity contribution in [3.8, 4) is 0 Å². The van der Waals surface area contributed by atoms with Crippen LogP contribution in [0.25, 0.3) is 0 Å². The van der Waals surface area contributed by atoms with Crippen LogP contribution in [0.15, 0.2) is 30.3 Å². The summed E-state index contributed by atoms with van der Waals surface area (Å²) in [6, 6.07) is 6.11. The van der Waals surface area contributed by atoms with Gasteiger partial charge >= 0.3 is 5.97 Å². The van der Waals surface area contributed by atoms with E-state index in [9.17, 15) is 24.3 Å². The fourth-order valence-corrected chi connectivity index (χ4v) is 4.80. The minimum absolute atomic E-state index is 0.00710. The lowest BCUT2D eigenvalue weighted by Gasteiger charge is -2.31. The lowest BCUT2D eigenvalue weighted by Crippen LogP contribution is -2.57. The molecule has 3 rings (SSSR count). The molecule has 5 atom stereocenters. The zero-order valence-corrected chi connectivity index (χ0v) is 20.0. The second-order valence-electron chi connectivity index (χ2n) is 9.38. The molecule has 1 aromatic carbocycles. The summed E-state index contributed by atoms with van der Waals surface area (Å²) in [6.07, 6.45) is 3.17. The average Bonchev–Trinajstić information content (AvgIpc) is 3.52. The third-order valence-electron chi connectivity index (χ3n) is 7.10. The molecular weight excluding hydrogens is 436 g/mol. The van der Waals surface area contributed by atoms with Gasteiger partial charge in [-0.3, -0.25) is 14.4 Å². The quantitative estimate of drug-likeness (QED) is 0.494. The van der Waals surface area contributed by atoms with Crippen molar-refractivity contribution in [2.75, 3.05) is 13.1 Å². The molecule has 0 aliphatic carbocycles. The summed E-state index contributed by atoms with van der Waals surface area (Å²) in [6.45, 7) is 4.67. The van der Waals surface area contributed by atoms with E-state index in [0.717, 1.165) is 12.0 Å². The van der Waals surface area contributed by atoms with Crippen LogP contribution < -0.4 is 11.1 Å². The predicted molar refractivity (Wildman–Crippen MR) is 127 cm³/mol. The molecule has 5 unspecified atom stereocenters. The van der Waals surface area contributed by atoms with Gasteiger partial charge in [0.1, 0.15) is 18.1 Å². The van der Waals surface area contributed by atoms with Gasteiger partial charge in [0.25, 0.3) is 0 Å². The highest BCUT2D eigenvalue weighted by molar-refractivity contribution is 5.94. The maximum absolute atomic E-state index is 13.4. The maximum atomic E-state index is 13.4. The molecule has 0 bridgehead atoms. The van der Waals surface area contributed by atoms with Gasteiger partial charge < -0.3 is 26.0 Å². The van der Waals surface area contributed by atoms with Crippen LogP contribution in [0.1, 0.15) is 51.5 Å². The number of hydrogen-bond acceptors (Lipinski definition) is 5. The van der Waals surface area contributed by atoms with Crippen LogP contribution in [0.5, 0.6) is 0 Å². The summed E-state index contributed by atoms with van der Waals surface area (Å²) in [7, 11) is 0. The van der Waals surface area contributed by atoms with Crippen molar-refractivity contribution in [1.82, 2.24) is 15.1 Å². The number of nitrogens with zero attached hydrogens (tertiary/aromatic N) is 2. The normalized spacial score (nSPS) is 22.8. The first kappa shape index (κ1) is 25.7. The lowest BCUT2D eigenvalue weighted by molar-refractivity contribution is -0.149. The molecule has 2 saturated heterocycles. The molecule has 9 heteroatoms. The second-order valence-corrected chi connectivity index (χ2v) is 9.38. The Kier molecular flexibility index (Phi) is 8.66. The van der Waals surface area contributed by atoms with Crippen molar-refractivity contribution in [2.24, 2.45) is 11.7 Å². The largest absolute Gasteiger partial charge is 0.480 e. The molecule has 0 spiro atoms. The van der Waals surface area contributed by atoms with Gasteiger partial charge in [-0.2, -0.15) is 0 Å². The number of likely N-dealkylation sites (tertiary alicyclic amines) is 2. The summed E-state index contributed by atoms with van der Waals surface area (Å²) in [4.78, 5) is 54.3. The molecule has 34 heavy (non-hydrogen) atoms. The molecule has 0 aromatic heterocycles. The molecule has 0 radical (unpaired) electrons. The number of rotatable bonds is 9. The summed E-state index contributed by atoms with van der Waals surface area (Å²) in [5.74, 6) is -2.10. The van der Waals surface area contributed by atoms with Gasteiger partial charge in [0, 0.05) is 19.5 Å². The molecule has 186 valence electrons. The van der Waals surface area contributed by atoms with Gasteiger partial charge in [-0.05, 0) is 37.2 Å². The molecule has 4 N–H and O–H groups in total. The molecular formula is C25H36N4O5. The molecule has 3 amide bonds. The van der Waals surface area contributed by atoms with Crippen LogP contribution in [0.4, 0.5) is 0 Å². The Hall–Kier alpha value is -2.94. The Balaban J connectivity index is 1.78. The maximum Gasteiger partial charge on any atom is 0.326 e. The van der Waals surface area contributed by atoms with Crippen molar-refractivity contribution < 1.29 is 24.3 Å². The standard InChI is InChI=1S/C25H36N4O5/c1-3-16(2)21(26)24(32)28-13-7-11-19(28)22(30)27-18(15-17-9-5-4-6-10-17)23(31)29-14-8-12-20(29)25(33)34/h4-6,9-10,16,18-21H,3,7-8,11-15,26H2,1-2H3,(H,27,30)(H,33,34). The van der Waals surface area contributed by atoms with Gasteiger partial charge in [0.2, 0.25) is 17.7 Å². The van der Waals surface area contributed by atoms with Crippen LogP contribution in [-0.2, 0) is 25.6 Å². The van der Waals surface area contributed by atoms with Crippen LogP contribution in [0.2, 0.25) is 0 Å². The van der Waals surface area contributed by atoms with E-state index in [2.05, 4.69) is 5.32 Å². The molecule has 1 aromatic rings. The Morgan fingerprint density at radius 1 is 1.03 bits per heavy atom. The van der Waals surface area contributed by atoms with E-state index >= 15 is 0 Å². The number of hydrogen-bond donors (Lipinski definition) is 3. The predicted octanol–water partition coefficient (Wildman–Crippen LogP) is 1.15. The van der Waals surface area contributed by atoms with Crippen LogP contribution in [0.3, 0.4) is 0 Å². The van der Waals surface area contributed by atoms with Gasteiger partial charge in [0.15, 0.2) is 0 Å². The number of carbonyl (C=O) groups is 4. The third kappa shape index (κ3) is 5.75. The number of carboxylic acid groups (broad SMARTS) is 1. The van der Waals surface area contributed by atoms with Crippen LogP contribution in [0, 0.1) is 5.92 Å². The number of carbonyl (C=O) groups excluding carboxylic acids is 3. The third-order valence-corrected chi connectivity index (χ3v) is 7.10. The molecule has 2 heterocycles. The molecule has 9 nitrogen and oxygen atoms in total. The lowest BCUT2D eigenvalue weighted by atomic mass is 9.98. The Labute approximate surface area is 200 Å². The summed E-state index contributed by atoms with van der Waals surface area (Å²) in [5.41, 5.74) is 7.00. The number of nitrogens with two attached hydrogens (primary N) is 1. The van der Waals surface area contributed by atoms with E-state index < -0.39 is 42.0 Å². The smallest absolute Gasteiger partial charge is 0.326 e. The topological polar surface area (TPSA) is 133 Å². The van der Waals surface area contributed by atoms with E-state index in [1.165, 1.54) is 9.80 Å². The Bertz CT molecular complexity index is 893. The summed E-state index contributed by atoms with van der Waals surface area (Å²) in [5, 5.41) is 12.4.